The molecule has 1 aromatic rings. The van der Waals surface area contributed by atoms with Gasteiger partial charge in [-0.2, -0.15) is 0 Å². The molecule has 0 aliphatic carbocycles. The van der Waals surface area contributed by atoms with E-state index in [1.54, 1.807) is 0 Å². The molecule has 0 aromatic heterocycles. The highest BCUT2D eigenvalue weighted by atomic mass is 35.5. The monoisotopic (exact) mass is 246 g/mol. The Kier molecular flexibility index (Phi) is 4.44. The van der Waals surface area contributed by atoms with E-state index in [1.807, 2.05) is 0 Å². The molecule has 1 aromatic carbocycles. The molecule has 2 N–H and O–H groups in total. The third kappa shape index (κ3) is 3.63. The average Bonchev–Trinajstić information content (AvgIpc) is 2.19. The van der Waals surface area contributed by atoms with E-state index in [4.69, 9.17) is 16.8 Å². The van der Waals surface area contributed by atoms with Crippen molar-refractivity contribution >= 4 is 23.0 Å². The predicted molar refractivity (Wildman–Crippen MR) is 58.5 cm³/mol. The molecule has 7 nitrogen and oxygen atoms in total. The Balaban J connectivity index is 2.64. The molecule has 0 fully saturated rings. The van der Waals surface area contributed by atoms with Crippen LogP contribution in [0.5, 0.6) is 0 Å². The zero-order valence-electron chi connectivity index (χ0n) is 8.09. The van der Waals surface area contributed by atoms with Gasteiger partial charge in [0.2, 0.25) is 0 Å². The first kappa shape index (κ1) is 12.7. The summed E-state index contributed by atoms with van der Waals surface area (Å²) in [4.78, 5) is 9.86. The smallest absolute Gasteiger partial charge is 0.271 e. The fourth-order valence-electron chi connectivity index (χ4n) is 1.05. The SMILES string of the molecule is O=[N+]([O-])c1ccc(NCCN([O-])O)c(Cl)c1. The predicted octanol–water partition coefficient (Wildman–Crippen LogP) is 1.85. The maximum atomic E-state index is 10.4. The van der Waals surface area contributed by atoms with Crippen molar-refractivity contribution in [1.29, 1.82) is 0 Å². The van der Waals surface area contributed by atoms with Gasteiger partial charge in [0.25, 0.3) is 5.69 Å². The number of nitrogens with one attached hydrogen (secondary N) is 1. The number of hydrogen-bond acceptors (Lipinski definition) is 6. The molecule has 0 spiro atoms. The first-order chi connectivity index (χ1) is 7.50. The van der Waals surface area contributed by atoms with Crippen molar-refractivity contribution in [2.75, 3.05) is 18.4 Å². The summed E-state index contributed by atoms with van der Waals surface area (Å²) in [5.41, 5.74) is 0.359. The summed E-state index contributed by atoms with van der Waals surface area (Å²) in [6.45, 7) is 0.0465. The minimum absolute atomic E-state index is 0.108. The van der Waals surface area contributed by atoms with Crippen molar-refractivity contribution in [2.45, 2.75) is 0 Å². The Morgan fingerprint density at radius 1 is 1.56 bits per heavy atom. The Labute approximate surface area is 95.9 Å². The summed E-state index contributed by atoms with van der Waals surface area (Å²) >= 11 is 5.77. The van der Waals surface area contributed by atoms with Gasteiger partial charge < -0.3 is 15.7 Å². The molecule has 0 atom stereocenters. The second-order valence-corrected chi connectivity index (χ2v) is 3.33. The molecule has 8 heteroatoms. The molecule has 88 valence electrons. The zero-order chi connectivity index (χ0) is 12.1. The van der Waals surface area contributed by atoms with Crippen molar-refractivity contribution in [2.24, 2.45) is 0 Å². The Bertz CT molecular complexity index is 386. The van der Waals surface area contributed by atoms with Crippen LogP contribution in [0.2, 0.25) is 5.02 Å². The van der Waals surface area contributed by atoms with Crippen molar-refractivity contribution < 1.29 is 10.1 Å². The highest BCUT2D eigenvalue weighted by Crippen LogP contribution is 2.26. The molecule has 0 saturated heterocycles. The first-order valence-corrected chi connectivity index (χ1v) is 4.70. The molecule has 1 rings (SSSR count). The molecule has 0 unspecified atom stereocenters. The van der Waals surface area contributed by atoms with Crippen molar-refractivity contribution in [3.05, 3.63) is 38.5 Å². The van der Waals surface area contributed by atoms with E-state index >= 15 is 0 Å². The zero-order valence-corrected chi connectivity index (χ0v) is 8.85. The second-order valence-electron chi connectivity index (χ2n) is 2.92. The molecule has 0 bridgehead atoms. The van der Waals surface area contributed by atoms with Crippen LogP contribution in [-0.2, 0) is 0 Å². The lowest BCUT2D eigenvalue weighted by Gasteiger charge is -2.19. The van der Waals surface area contributed by atoms with Crippen LogP contribution in [0.25, 0.3) is 0 Å². The number of hydroxylamine groups is 2. The highest BCUT2D eigenvalue weighted by molar-refractivity contribution is 6.33. The number of hydrogen-bond donors (Lipinski definition) is 2. The van der Waals surface area contributed by atoms with Gasteiger partial charge in [-0.05, 0) is 6.07 Å². The molecular weight excluding hydrogens is 238 g/mol. The van der Waals surface area contributed by atoms with Gasteiger partial charge in [-0.3, -0.25) is 15.3 Å². The summed E-state index contributed by atoms with van der Waals surface area (Å²) < 4.78 is 0. The maximum Gasteiger partial charge on any atom is 0.271 e. The van der Waals surface area contributed by atoms with E-state index in [2.05, 4.69) is 5.32 Å². The normalized spacial score (nSPS) is 10.5. The lowest BCUT2D eigenvalue weighted by Crippen LogP contribution is -2.19. The van der Waals surface area contributed by atoms with E-state index in [-0.39, 0.29) is 29.0 Å². The summed E-state index contributed by atoms with van der Waals surface area (Å²) in [5.74, 6) is 0. The maximum absolute atomic E-state index is 10.4. The molecule has 16 heavy (non-hydrogen) atoms. The van der Waals surface area contributed by atoms with Crippen LogP contribution in [0.1, 0.15) is 0 Å². The van der Waals surface area contributed by atoms with Crippen molar-refractivity contribution in [3.8, 4) is 0 Å². The van der Waals surface area contributed by atoms with E-state index in [9.17, 15) is 15.3 Å². The van der Waals surface area contributed by atoms with Gasteiger partial charge in [0.1, 0.15) is 0 Å². The second kappa shape index (κ2) is 5.61. The largest absolute Gasteiger partial charge is 0.762 e. The van der Waals surface area contributed by atoms with Crippen molar-refractivity contribution in [3.63, 3.8) is 0 Å². The molecule has 0 amide bonds. The summed E-state index contributed by atoms with van der Waals surface area (Å²) in [6, 6.07) is 3.94. The van der Waals surface area contributed by atoms with Crippen LogP contribution in [0.4, 0.5) is 11.4 Å². The van der Waals surface area contributed by atoms with Crippen LogP contribution in [0.15, 0.2) is 18.2 Å². The van der Waals surface area contributed by atoms with Gasteiger partial charge in [0.15, 0.2) is 0 Å². The van der Waals surface area contributed by atoms with Gasteiger partial charge in [-0.1, -0.05) is 11.6 Å². The van der Waals surface area contributed by atoms with E-state index < -0.39 is 4.92 Å². The number of nitrogens with zero attached hydrogens (tertiary/aromatic N) is 2. The summed E-state index contributed by atoms with van der Waals surface area (Å²) in [5, 5.41) is 31.6. The lowest BCUT2D eigenvalue weighted by molar-refractivity contribution is -0.384. The van der Waals surface area contributed by atoms with E-state index in [0.29, 0.717) is 5.69 Å². The number of anilines is 1. The standard InChI is InChI=1S/C8H9ClN3O4/c9-7-5-6(12(15)16)1-2-8(7)10-3-4-11(13)14/h1-2,5,10,13H,3-4H2/q-1. The number of non-ortho nitro benzene ring substituents is 1. The summed E-state index contributed by atoms with van der Waals surface area (Å²) in [6.07, 6.45) is 0. The Morgan fingerprint density at radius 3 is 2.75 bits per heavy atom. The highest BCUT2D eigenvalue weighted by Gasteiger charge is 2.08. The van der Waals surface area contributed by atoms with Crippen molar-refractivity contribution in [1.82, 2.24) is 5.23 Å². The van der Waals surface area contributed by atoms with Gasteiger partial charge in [-0.15, -0.1) is 0 Å². The number of nitro benzene ring substituents is 1. The molecule has 0 aliphatic heterocycles. The van der Waals surface area contributed by atoms with E-state index in [1.165, 1.54) is 18.2 Å². The third-order valence-corrected chi connectivity index (χ3v) is 2.09. The van der Waals surface area contributed by atoms with Crippen LogP contribution in [0, 0.1) is 15.3 Å². The molecule has 0 radical (unpaired) electrons. The molecule has 0 saturated carbocycles. The molecular formula is C8H9ClN3O4-. The lowest BCUT2D eigenvalue weighted by atomic mass is 10.3. The third-order valence-electron chi connectivity index (χ3n) is 1.78. The fraction of sp³-hybridized carbons (Fsp3) is 0.250. The van der Waals surface area contributed by atoms with Gasteiger partial charge in [-0.25, -0.2) is 0 Å². The summed E-state index contributed by atoms with van der Waals surface area (Å²) in [7, 11) is 0. The molecule has 0 aliphatic rings. The number of benzene rings is 1. The quantitative estimate of drug-likeness (QED) is 0.607. The van der Waals surface area contributed by atoms with Crippen LogP contribution in [0.3, 0.4) is 0 Å². The van der Waals surface area contributed by atoms with Crippen LogP contribution in [-0.4, -0.2) is 28.4 Å². The van der Waals surface area contributed by atoms with Gasteiger partial charge in [0.05, 0.1) is 15.6 Å². The molecule has 0 heterocycles. The average molecular weight is 247 g/mol. The topological polar surface area (TPSA) is 102 Å². The van der Waals surface area contributed by atoms with Crippen LogP contribution >= 0.6 is 11.6 Å². The minimum Gasteiger partial charge on any atom is -0.762 e. The Morgan fingerprint density at radius 2 is 2.25 bits per heavy atom. The Hall–Kier alpha value is -1.41. The number of nitro groups is 1. The fourth-order valence-corrected chi connectivity index (χ4v) is 1.29. The number of rotatable bonds is 5. The van der Waals surface area contributed by atoms with Gasteiger partial charge >= 0.3 is 0 Å². The van der Waals surface area contributed by atoms with Crippen LogP contribution < -0.4 is 5.32 Å². The number of halogens is 1. The van der Waals surface area contributed by atoms with Gasteiger partial charge in [0, 0.05) is 25.2 Å². The minimum atomic E-state index is -0.553. The van der Waals surface area contributed by atoms with E-state index in [0.717, 1.165) is 0 Å². The first-order valence-electron chi connectivity index (χ1n) is 4.32.